The van der Waals surface area contributed by atoms with E-state index in [-0.39, 0.29) is 0 Å². The molecule has 0 heterocycles. The molecule has 0 amide bonds. The smallest absolute Gasteiger partial charge is 0.0661 e. The van der Waals surface area contributed by atoms with Crippen LogP contribution in [-0.4, -0.2) is 25.3 Å². The molecule has 2 unspecified atom stereocenters. The predicted molar refractivity (Wildman–Crippen MR) is 67.5 cm³/mol. The second-order valence-electron chi connectivity index (χ2n) is 5.51. The highest BCUT2D eigenvalue weighted by atomic mass is 16.5. The zero-order valence-electron chi connectivity index (χ0n) is 10.7. The van der Waals surface area contributed by atoms with E-state index in [9.17, 15) is 0 Å². The van der Waals surface area contributed by atoms with E-state index < -0.39 is 0 Å². The average Bonchev–Trinajstić information content (AvgIpc) is 2.73. The van der Waals surface area contributed by atoms with Crippen molar-refractivity contribution in [2.24, 2.45) is 5.41 Å². The van der Waals surface area contributed by atoms with Gasteiger partial charge in [-0.25, -0.2) is 0 Å². The Morgan fingerprint density at radius 3 is 2.69 bits per heavy atom. The van der Waals surface area contributed by atoms with E-state index in [1.54, 1.807) is 0 Å². The quantitative estimate of drug-likeness (QED) is 0.724. The van der Waals surface area contributed by atoms with E-state index >= 15 is 0 Å². The third-order valence-corrected chi connectivity index (χ3v) is 4.34. The SMILES string of the molecule is C=C(C)CNC1CC(OCC)C12CCCC2. The lowest BCUT2D eigenvalue weighted by Crippen LogP contribution is -2.62. The van der Waals surface area contributed by atoms with Crippen LogP contribution in [0.15, 0.2) is 12.2 Å². The molecule has 2 aliphatic rings. The summed E-state index contributed by atoms with van der Waals surface area (Å²) in [5.74, 6) is 0. The van der Waals surface area contributed by atoms with Crippen LogP contribution in [0.4, 0.5) is 0 Å². The number of nitrogens with one attached hydrogen (secondary N) is 1. The van der Waals surface area contributed by atoms with Crippen molar-refractivity contribution >= 4 is 0 Å². The van der Waals surface area contributed by atoms with Crippen LogP contribution in [-0.2, 0) is 4.74 Å². The summed E-state index contributed by atoms with van der Waals surface area (Å²) in [6.45, 7) is 9.99. The predicted octanol–water partition coefficient (Wildman–Crippen LogP) is 2.89. The van der Waals surface area contributed by atoms with Gasteiger partial charge in [-0.15, -0.1) is 0 Å². The Hall–Kier alpha value is -0.340. The number of ether oxygens (including phenoxy) is 1. The van der Waals surface area contributed by atoms with Gasteiger partial charge >= 0.3 is 0 Å². The molecule has 2 rings (SSSR count). The molecule has 0 aromatic heterocycles. The van der Waals surface area contributed by atoms with Gasteiger partial charge in [-0.3, -0.25) is 0 Å². The zero-order chi connectivity index (χ0) is 11.6. The second kappa shape index (κ2) is 4.89. The molecule has 2 aliphatic carbocycles. The molecule has 2 heteroatoms. The third kappa shape index (κ3) is 2.05. The largest absolute Gasteiger partial charge is 0.378 e. The molecule has 2 fully saturated rings. The fourth-order valence-electron chi connectivity index (χ4n) is 3.47. The summed E-state index contributed by atoms with van der Waals surface area (Å²) in [6, 6.07) is 0.670. The van der Waals surface area contributed by atoms with Crippen LogP contribution in [0.3, 0.4) is 0 Å². The van der Waals surface area contributed by atoms with Gasteiger partial charge in [-0.1, -0.05) is 25.0 Å². The lowest BCUT2D eigenvalue weighted by atomic mass is 9.60. The van der Waals surface area contributed by atoms with Crippen LogP contribution < -0.4 is 5.32 Å². The van der Waals surface area contributed by atoms with Crippen molar-refractivity contribution in [3.63, 3.8) is 0 Å². The molecule has 2 nitrogen and oxygen atoms in total. The molecule has 1 N–H and O–H groups in total. The Balaban J connectivity index is 1.92. The highest BCUT2D eigenvalue weighted by molar-refractivity contribution is 5.11. The van der Waals surface area contributed by atoms with Crippen molar-refractivity contribution in [2.75, 3.05) is 13.2 Å². The fraction of sp³-hybridized carbons (Fsp3) is 0.857. The lowest BCUT2D eigenvalue weighted by Gasteiger charge is -2.54. The van der Waals surface area contributed by atoms with Crippen LogP contribution in [0.2, 0.25) is 0 Å². The maximum atomic E-state index is 5.89. The van der Waals surface area contributed by atoms with E-state index in [4.69, 9.17) is 4.74 Å². The Morgan fingerprint density at radius 1 is 1.44 bits per heavy atom. The maximum Gasteiger partial charge on any atom is 0.0661 e. The summed E-state index contributed by atoms with van der Waals surface area (Å²) in [5, 5.41) is 3.66. The van der Waals surface area contributed by atoms with Crippen molar-refractivity contribution in [3.8, 4) is 0 Å². The van der Waals surface area contributed by atoms with Crippen molar-refractivity contribution < 1.29 is 4.74 Å². The van der Waals surface area contributed by atoms with Crippen LogP contribution in [0, 0.1) is 5.41 Å². The lowest BCUT2D eigenvalue weighted by molar-refractivity contribution is -0.129. The minimum atomic E-state index is 0.464. The molecule has 0 aromatic carbocycles. The van der Waals surface area contributed by atoms with Gasteiger partial charge in [0.2, 0.25) is 0 Å². The summed E-state index contributed by atoms with van der Waals surface area (Å²) in [4.78, 5) is 0. The summed E-state index contributed by atoms with van der Waals surface area (Å²) in [7, 11) is 0. The average molecular weight is 223 g/mol. The van der Waals surface area contributed by atoms with E-state index in [2.05, 4.69) is 25.7 Å². The van der Waals surface area contributed by atoms with Gasteiger partial charge in [0.15, 0.2) is 0 Å². The van der Waals surface area contributed by atoms with Crippen LogP contribution >= 0.6 is 0 Å². The Bertz CT molecular complexity index is 255. The van der Waals surface area contributed by atoms with Crippen LogP contribution in [0.25, 0.3) is 0 Å². The summed E-state index contributed by atoms with van der Waals surface area (Å²) in [5.41, 5.74) is 1.69. The maximum absolute atomic E-state index is 5.89. The molecular formula is C14H25NO. The normalized spacial score (nSPS) is 31.6. The number of rotatable bonds is 5. The molecule has 2 atom stereocenters. The molecule has 0 aliphatic heterocycles. The Kier molecular flexibility index (Phi) is 3.70. The number of hydrogen-bond donors (Lipinski definition) is 1. The minimum Gasteiger partial charge on any atom is -0.378 e. The van der Waals surface area contributed by atoms with Gasteiger partial charge in [-0.05, 0) is 33.1 Å². The molecule has 0 radical (unpaired) electrons. The highest BCUT2D eigenvalue weighted by Gasteiger charge is 2.56. The molecule has 0 saturated heterocycles. The van der Waals surface area contributed by atoms with E-state index in [0.29, 0.717) is 17.6 Å². The fourth-order valence-corrected chi connectivity index (χ4v) is 3.47. The van der Waals surface area contributed by atoms with Crippen molar-refractivity contribution in [1.82, 2.24) is 5.32 Å². The van der Waals surface area contributed by atoms with E-state index in [1.165, 1.54) is 37.7 Å². The van der Waals surface area contributed by atoms with Crippen LogP contribution in [0.5, 0.6) is 0 Å². The first-order valence-electron chi connectivity index (χ1n) is 6.68. The summed E-state index contributed by atoms with van der Waals surface area (Å²) in [6.07, 6.45) is 7.18. The Morgan fingerprint density at radius 2 is 2.12 bits per heavy atom. The van der Waals surface area contributed by atoms with Gasteiger partial charge in [-0.2, -0.15) is 0 Å². The first kappa shape index (κ1) is 12.1. The summed E-state index contributed by atoms with van der Waals surface area (Å²) >= 11 is 0. The summed E-state index contributed by atoms with van der Waals surface area (Å²) < 4.78 is 5.89. The molecule has 1 spiro atoms. The molecule has 2 saturated carbocycles. The third-order valence-electron chi connectivity index (χ3n) is 4.34. The van der Waals surface area contributed by atoms with Crippen molar-refractivity contribution in [1.29, 1.82) is 0 Å². The van der Waals surface area contributed by atoms with E-state index in [0.717, 1.165) is 13.2 Å². The van der Waals surface area contributed by atoms with Crippen molar-refractivity contribution in [3.05, 3.63) is 12.2 Å². The molecule has 16 heavy (non-hydrogen) atoms. The number of hydrogen-bond acceptors (Lipinski definition) is 2. The zero-order valence-corrected chi connectivity index (χ0v) is 10.7. The van der Waals surface area contributed by atoms with Gasteiger partial charge in [0, 0.05) is 24.6 Å². The van der Waals surface area contributed by atoms with Gasteiger partial charge < -0.3 is 10.1 Å². The van der Waals surface area contributed by atoms with Gasteiger partial charge in [0.25, 0.3) is 0 Å². The molecule has 92 valence electrons. The minimum absolute atomic E-state index is 0.464. The molecule has 0 bridgehead atoms. The first-order chi connectivity index (χ1) is 7.69. The molecule has 0 aromatic rings. The second-order valence-corrected chi connectivity index (χ2v) is 5.51. The van der Waals surface area contributed by atoms with Gasteiger partial charge in [0.1, 0.15) is 0 Å². The highest BCUT2D eigenvalue weighted by Crippen LogP contribution is 2.54. The monoisotopic (exact) mass is 223 g/mol. The Labute approximate surface area is 99.4 Å². The van der Waals surface area contributed by atoms with Gasteiger partial charge in [0.05, 0.1) is 6.10 Å². The standard InChI is InChI=1S/C14H25NO/c1-4-16-13-9-12(15-10-11(2)3)14(13)7-5-6-8-14/h12-13,15H,2,4-10H2,1,3H3. The first-order valence-corrected chi connectivity index (χ1v) is 6.68. The topological polar surface area (TPSA) is 21.3 Å². The molecular weight excluding hydrogens is 198 g/mol. The van der Waals surface area contributed by atoms with E-state index in [1.807, 2.05) is 0 Å². The van der Waals surface area contributed by atoms with Crippen molar-refractivity contribution in [2.45, 2.75) is 58.1 Å². The van der Waals surface area contributed by atoms with Crippen LogP contribution in [0.1, 0.15) is 46.0 Å².